The molecule has 0 saturated heterocycles. The summed E-state index contributed by atoms with van der Waals surface area (Å²) in [7, 11) is 0. The van der Waals surface area contributed by atoms with Gasteiger partial charge in [-0.3, -0.25) is 0 Å². The van der Waals surface area contributed by atoms with Crippen molar-refractivity contribution in [1.82, 2.24) is 4.90 Å². The number of carbonyl (C=O) groups excluding carboxylic acids is 1. The van der Waals surface area contributed by atoms with Gasteiger partial charge in [-0.15, -0.1) is 0 Å². The average molecular weight is 305 g/mol. The molecule has 0 bridgehead atoms. The van der Waals surface area contributed by atoms with Crippen LogP contribution in [0.5, 0.6) is 0 Å². The summed E-state index contributed by atoms with van der Waals surface area (Å²) in [5.74, 6) is 0. The van der Waals surface area contributed by atoms with Crippen LogP contribution in [-0.4, -0.2) is 33.8 Å². The molecule has 0 radical (unpaired) electrons. The third-order valence-corrected chi connectivity index (χ3v) is 3.89. The van der Waals surface area contributed by atoms with Gasteiger partial charge in [0, 0.05) is 6.54 Å². The van der Waals surface area contributed by atoms with Crippen molar-refractivity contribution in [3.05, 3.63) is 35.9 Å². The maximum Gasteiger partial charge on any atom is 0.410 e. The Morgan fingerprint density at radius 1 is 1.23 bits per heavy atom. The molecule has 2 rings (SSSR count). The Bertz CT molecular complexity index is 487. The molecule has 0 aromatic heterocycles. The third kappa shape index (κ3) is 5.02. The summed E-state index contributed by atoms with van der Waals surface area (Å²) < 4.78 is 5.50. The van der Waals surface area contributed by atoms with E-state index in [4.69, 9.17) is 4.74 Å². The van der Waals surface area contributed by atoms with Crippen molar-refractivity contribution in [3.63, 3.8) is 0 Å². The van der Waals surface area contributed by atoms with Gasteiger partial charge in [0.2, 0.25) is 0 Å². The maximum atomic E-state index is 12.5. The summed E-state index contributed by atoms with van der Waals surface area (Å²) in [6.07, 6.45) is 3.17. The molecule has 1 saturated carbocycles. The Morgan fingerprint density at radius 2 is 1.82 bits per heavy atom. The largest absolute Gasteiger partial charge is 0.444 e. The van der Waals surface area contributed by atoms with Crippen molar-refractivity contribution in [2.75, 3.05) is 6.54 Å². The van der Waals surface area contributed by atoms with E-state index in [9.17, 15) is 9.90 Å². The smallest absolute Gasteiger partial charge is 0.410 e. The summed E-state index contributed by atoms with van der Waals surface area (Å²) in [5, 5.41) is 10.6. The first-order valence-electron chi connectivity index (χ1n) is 8.02. The molecule has 1 fully saturated rings. The molecule has 4 heteroatoms. The van der Waals surface area contributed by atoms with Gasteiger partial charge >= 0.3 is 6.09 Å². The first-order valence-corrected chi connectivity index (χ1v) is 8.02. The first-order chi connectivity index (χ1) is 10.3. The minimum Gasteiger partial charge on any atom is -0.444 e. The average Bonchev–Trinajstić information content (AvgIpc) is 2.84. The van der Waals surface area contributed by atoms with Gasteiger partial charge in [0.05, 0.1) is 12.1 Å². The molecule has 1 amide bonds. The van der Waals surface area contributed by atoms with Crippen LogP contribution >= 0.6 is 0 Å². The standard InChI is InChI=1S/C18H27NO3/c1-17(2,3)22-16(20)19(13-15-9-5-4-6-10-15)14-18(21)11-7-8-12-18/h4-6,9-10,21H,7-8,11-14H2,1-3H3. The zero-order valence-electron chi connectivity index (χ0n) is 13.8. The van der Waals surface area contributed by atoms with E-state index in [0.29, 0.717) is 13.1 Å². The van der Waals surface area contributed by atoms with E-state index in [2.05, 4.69) is 0 Å². The first kappa shape index (κ1) is 16.8. The Labute approximate surface area is 133 Å². The van der Waals surface area contributed by atoms with Gasteiger partial charge in [-0.2, -0.15) is 0 Å². The van der Waals surface area contributed by atoms with E-state index < -0.39 is 11.2 Å². The number of rotatable bonds is 4. The molecule has 1 N–H and O–H groups in total. The SMILES string of the molecule is CC(C)(C)OC(=O)N(Cc1ccccc1)CC1(O)CCCC1. The number of hydrogen-bond acceptors (Lipinski definition) is 3. The van der Waals surface area contributed by atoms with Crippen molar-refractivity contribution in [2.24, 2.45) is 0 Å². The van der Waals surface area contributed by atoms with Crippen LogP contribution in [0.4, 0.5) is 4.79 Å². The second-order valence-corrected chi connectivity index (χ2v) is 7.25. The number of nitrogens with zero attached hydrogens (tertiary/aromatic N) is 1. The van der Waals surface area contributed by atoms with E-state index in [1.807, 2.05) is 51.1 Å². The highest BCUT2D eigenvalue weighted by Gasteiger charge is 2.35. The fraction of sp³-hybridized carbons (Fsp3) is 0.611. The summed E-state index contributed by atoms with van der Waals surface area (Å²) in [6, 6.07) is 9.82. The number of ether oxygens (including phenoxy) is 1. The predicted molar refractivity (Wildman–Crippen MR) is 86.5 cm³/mol. The van der Waals surface area contributed by atoms with E-state index in [0.717, 1.165) is 31.2 Å². The topological polar surface area (TPSA) is 49.8 Å². The monoisotopic (exact) mass is 305 g/mol. The van der Waals surface area contributed by atoms with Crippen LogP contribution in [-0.2, 0) is 11.3 Å². The van der Waals surface area contributed by atoms with Crippen molar-refractivity contribution in [3.8, 4) is 0 Å². The lowest BCUT2D eigenvalue weighted by atomic mass is 10.0. The lowest BCUT2D eigenvalue weighted by Crippen LogP contribution is -2.45. The quantitative estimate of drug-likeness (QED) is 0.922. The van der Waals surface area contributed by atoms with Crippen molar-refractivity contribution in [1.29, 1.82) is 0 Å². The van der Waals surface area contributed by atoms with Crippen LogP contribution < -0.4 is 0 Å². The molecule has 1 aromatic rings. The molecule has 1 aliphatic carbocycles. The fourth-order valence-electron chi connectivity index (χ4n) is 2.86. The Hall–Kier alpha value is -1.55. The molecule has 0 atom stereocenters. The Kier molecular flexibility index (Phi) is 5.12. The molecule has 22 heavy (non-hydrogen) atoms. The number of carbonyl (C=O) groups is 1. The minimum atomic E-state index is -0.772. The van der Waals surface area contributed by atoms with Crippen LogP contribution in [0.2, 0.25) is 0 Å². The van der Waals surface area contributed by atoms with Crippen LogP contribution in [0.25, 0.3) is 0 Å². The maximum absolute atomic E-state index is 12.5. The van der Waals surface area contributed by atoms with Crippen LogP contribution in [0, 0.1) is 0 Å². The van der Waals surface area contributed by atoms with Crippen molar-refractivity contribution in [2.45, 2.75) is 64.2 Å². The zero-order valence-corrected chi connectivity index (χ0v) is 13.8. The van der Waals surface area contributed by atoms with Gasteiger partial charge in [-0.1, -0.05) is 43.2 Å². The minimum absolute atomic E-state index is 0.330. The van der Waals surface area contributed by atoms with Gasteiger partial charge < -0.3 is 14.7 Å². The van der Waals surface area contributed by atoms with E-state index in [-0.39, 0.29) is 6.09 Å². The van der Waals surface area contributed by atoms with Gasteiger partial charge in [0.25, 0.3) is 0 Å². The van der Waals surface area contributed by atoms with Gasteiger partial charge in [-0.25, -0.2) is 4.79 Å². The van der Waals surface area contributed by atoms with Crippen LogP contribution in [0.15, 0.2) is 30.3 Å². The highest BCUT2D eigenvalue weighted by molar-refractivity contribution is 5.68. The van der Waals surface area contributed by atoms with E-state index >= 15 is 0 Å². The van der Waals surface area contributed by atoms with Crippen LogP contribution in [0.3, 0.4) is 0 Å². The lowest BCUT2D eigenvalue weighted by molar-refractivity contribution is -0.0172. The molecule has 0 aliphatic heterocycles. The molecule has 0 heterocycles. The Balaban J connectivity index is 2.11. The van der Waals surface area contributed by atoms with Gasteiger partial charge in [0.15, 0.2) is 0 Å². The molecule has 122 valence electrons. The van der Waals surface area contributed by atoms with Gasteiger partial charge in [-0.05, 0) is 39.2 Å². The zero-order chi connectivity index (χ0) is 16.2. The fourth-order valence-corrected chi connectivity index (χ4v) is 2.86. The molecule has 0 spiro atoms. The molecule has 0 unspecified atom stereocenters. The number of aliphatic hydroxyl groups is 1. The molecule has 4 nitrogen and oxygen atoms in total. The van der Waals surface area contributed by atoms with Crippen molar-refractivity contribution >= 4 is 6.09 Å². The van der Waals surface area contributed by atoms with E-state index in [1.165, 1.54) is 0 Å². The second kappa shape index (κ2) is 6.69. The van der Waals surface area contributed by atoms with E-state index in [1.54, 1.807) is 4.90 Å². The predicted octanol–water partition coefficient (Wildman–Crippen LogP) is 3.73. The molecular formula is C18H27NO3. The third-order valence-electron chi connectivity index (χ3n) is 3.89. The number of hydrogen-bond donors (Lipinski definition) is 1. The molecule has 1 aliphatic rings. The lowest BCUT2D eigenvalue weighted by Gasteiger charge is -2.33. The van der Waals surface area contributed by atoms with Crippen LogP contribution in [0.1, 0.15) is 52.0 Å². The van der Waals surface area contributed by atoms with Gasteiger partial charge in [0.1, 0.15) is 5.60 Å². The summed E-state index contributed by atoms with van der Waals surface area (Å²) >= 11 is 0. The summed E-state index contributed by atoms with van der Waals surface area (Å²) in [6.45, 7) is 6.36. The van der Waals surface area contributed by atoms with Crippen molar-refractivity contribution < 1.29 is 14.6 Å². The normalized spacial score (nSPS) is 17.3. The summed E-state index contributed by atoms with van der Waals surface area (Å²) in [5.41, 5.74) is -0.273. The summed E-state index contributed by atoms with van der Waals surface area (Å²) in [4.78, 5) is 14.1. The molecule has 1 aromatic carbocycles. The molecular weight excluding hydrogens is 278 g/mol. The second-order valence-electron chi connectivity index (χ2n) is 7.25. The Morgan fingerprint density at radius 3 is 2.36 bits per heavy atom. The highest BCUT2D eigenvalue weighted by atomic mass is 16.6. The number of amides is 1. The number of benzene rings is 1. The highest BCUT2D eigenvalue weighted by Crippen LogP contribution is 2.31.